The van der Waals surface area contributed by atoms with Crippen molar-refractivity contribution in [3.05, 3.63) is 40.7 Å². The summed E-state index contributed by atoms with van der Waals surface area (Å²) in [6, 6.07) is 7.49. The molecule has 0 saturated carbocycles. The van der Waals surface area contributed by atoms with Crippen LogP contribution in [0, 0.1) is 6.92 Å². The first-order valence-electron chi connectivity index (χ1n) is 7.72. The van der Waals surface area contributed by atoms with E-state index in [1.54, 1.807) is 0 Å². The Bertz CT molecular complexity index is 636. The molecular formula is C17H21ClN2O3. The Kier molecular flexibility index (Phi) is 5.33. The van der Waals surface area contributed by atoms with Crippen molar-refractivity contribution in [1.29, 1.82) is 0 Å². The van der Waals surface area contributed by atoms with E-state index in [-0.39, 0.29) is 6.10 Å². The zero-order chi connectivity index (χ0) is 16.2. The lowest BCUT2D eigenvalue weighted by atomic mass is 10.2. The second-order valence-corrected chi connectivity index (χ2v) is 6.23. The van der Waals surface area contributed by atoms with E-state index in [9.17, 15) is 0 Å². The number of aromatic nitrogens is 1. The minimum Gasteiger partial charge on any atom is -0.441 e. The molecule has 1 aromatic carbocycles. The molecule has 0 N–H and O–H groups in total. The Morgan fingerprint density at radius 2 is 2.04 bits per heavy atom. The molecule has 2 aromatic rings. The zero-order valence-corrected chi connectivity index (χ0v) is 14.2. The van der Waals surface area contributed by atoms with Gasteiger partial charge in [0, 0.05) is 23.7 Å². The molecule has 0 aliphatic carbocycles. The molecular weight excluding hydrogens is 316 g/mol. The van der Waals surface area contributed by atoms with Crippen LogP contribution in [-0.4, -0.2) is 49.4 Å². The van der Waals surface area contributed by atoms with Gasteiger partial charge in [-0.1, -0.05) is 11.6 Å². The van der Waals surface area contributed by atoms with Crippen LogP contribution in [0.1, 0.15) is 11.5 Å². The largest absolute Gasteiger partial charge is 0.441 e. The third-order valence-corrected chi connectivity index (χ3v) is 4.06. The van der Waals surface area contributed by atoms with E-state index in [2.05, 4.69) is 9.88 Å². The first kappa shape index (κ1) is 16.5. The maximum Gasteiger partial charge on any atom is 0.226 e. The third-order valence-electron chi connectivity index (χ3n) is 3.80. The summed E-state index contributed by atoms with van der Waals surface area (Å²) < 4.78 is 16.9. The summed E-state index contributed by atoms with van der Waals surface area (Å²) in [6.45, 7) is 5.47. The number of ether oxygens (including phenoxy) is 2. The van der Waals surface area contributed by atoms with E-state index in [4.69, 9.17) is 25.5 Å². The first-order valence-corrected chi connectivity index (χ1v) is 8.10. The third kappa shape index (κ3) is 4.32. The Hall–Kier alpha value is -1.40. The number of hydrogen-bond donors (Lipinski definition) is 0. The number of benzene rings is 1. The predicted octanol–water partition coefficient (Wildman–Crippen LogP) is 3.15. The molecule has 5 nitrogen and oxygen atoms in total. The van der Waals surface area contributed by atoms with Crippen molar-refractivity contribution >= 4 is 11.6 Å². The minimum atomic E-state index is 0.122. The molecule has 1 fully saturated rings. The highest BCUT2D eigenvalue weighted by Crippen LogP contribution is 2.24. The Morgan fingerprint density at radius 3 is 2.74 bits per heavy atom. The average Bonchev–Trinajstić information content (AvgIpc) is 2.90. The highest BCUT2D eigenvalue weighted by molar-refractivity contribution is 6.30. The van der Waals surface area contributed by atoms with Crippen LogP contribution in [0.5, 0.6) is 0 Å². The normalized spacial score (nSPS) is 18.5. The van der Waals surface area contributed by atoms with Crippen LogP contribution in [0.15, 0.2) is 28.7 Å². The molecule has 0 amide bonds. The smallest absolute Gasteiger partial charge is 0.226 e. The van der Waals surface area contributed by atoms with Crippen LogP contribution in [0.3, 0.4) is 0 Å². The molecule has 1 aromatic heterocycles. The molecule has 0 bridgehead atoms. The Morgan fingerprint density at radius 1 is 1.26 bits per heavy atom. The van der Waals surface area contributed by atoms with Gasteiger partial charge >= 0.3 is 0 Å². The van der Waals surface area contributed by atoms with E-state index in [0.29, 0.717) is 37.3 Å². The predicted molar refractivity (Wildman–Crippen MR) is 88.6 cm³/mol. The SMILES string of the molecule is Cc1oc(-c2ccc(Cl)cc2)nc1CN(C)C[C@@H]1COCCO1. The minimum absolute atomic E-state index is 0.122. The van der Waals surface area contributed by atoms with Gasteiger partial charge in [0.15, 0.2) is 0 Å². The lowest BCUT2D eigenvalue weighted by Crippen LogP contribution is -2.38. The molecule has 6 heteroatoms. The van der Waals surface area contributed by atoms with Crippen LogP contribution in [-0.2, 0) is 16.0 Å². The Labute approximate surface area is 141 Å². The van der Waals surface area contributed by atoms with Crippen molar-refractivity contribution in [3.8, 4) is 11.5 Å². The van der Waals surface area contributed by atoms with Gasteiger partial charge in [-0.25, -0.2) is 4.98 Å². The summed E-state index contributed by atoms with van der Waals surface area (Å²) in [5.41, 5.74) is 1.87. The molecule has 1 aliphatic rings. The molecule has 3 rings (SSSR count). The number of nitrogens with zero attached hydrogens (tertiary/aromatic N) is 2. The van der Waals surface area contributed by atoms with Crippen LogP contribution in [0.2, 0.25) is 5.02 Å². The second kappa shape index (κ2) is 7.45. The summed E-state index contributed by atoms with van der Waals surface area (Å²) >= 11 is 5.92. The van der Waals surface area contributed by atoms with Gasteiger partial charge < -0.3 is 13.9 Å². The summed E-state index contributed by atoms with van der Waals surface area (Å²) in [4.78, 5) is 6.80. The molecule has 0 radical (unpaired) electrons. The summed E-state index contributed by atoms with van der Waals surface area (Å²) in [5.74, 6) is 1.46. The molecule has 1 atom stereocenters. The monoisotopic (exact) mass is 336 g/mol. The van der Waals surface area contributed by atoms with E-state index in [0.717, 1.165) is 23.6 Å². The van der Waals surface area contributed by atoms with Gasteiger partial charge in [0.2, 0.25) is 5.89 Å². The van der Waals surface area contributed by atoms with E-state index in [1.807, 2.05) is 38.2 Å². The van der Waals surface area contributed by atoms with Gasteiger partial charge in [-0.15, -0.1) is 0 Å². The zero-order valence-electron chi connectivity index (χ0n) is 13.4. The summed E-state index contributed by atoms with van der Waals surface area (Å²) in [6.07, 6.45) is 0.122. The molecule has 23 heavy (non-hydrogen) atoms. The maximum absolute atomic E-state index is 5.92. The number of rotatable bonds is 5. The van der Waals surface area contributed by atoms with Gasteiger partial charge in [0.05, 0.1) is 31.6 Å². The average molecular weight is 337 g/mol. The van der Waals surface area contributed by atoms with Gasteiger partial charge in [0.1, 0.15) is 5.76 Å². The summed E-state index contributed by atoms with van der Waals surface area (Å²) in [7, 11) is 2.05. The maximum atomic E-state index is 5.92. The molecule has 0 spiro atoms. The topological polar surface area (TPSA) is 47.7 Å². The van der Waals surface area contributed by atoms with Gasteiger partial charge in [-0.3, -0.25) is 4.90 Å². The first-order chi connectivity index (χ1) is 11.1. The number of likely N-dealkylation sites (N-methyl/N-ethyl adjacent to an activating group) is 1. The van der Waals surface area contributed by atoms with E-state index >= 15 is 0 Å². The molecule has 124 valence electrons. The molecule has 1 aliphatic heterocycles. The van der Waals surface area contributed by atoms with Crippen molar-refractivity contribution in [2.75, 3.05) is 33.4 Å². The molecule has 1 saturated heterocycles. The highest BCUT2D eigenvalue weighted by Gasteiger charge is 2.18. The fourth-order valence-electron chi connectivity index (χ4n) is 2.60. The quantitative estimate of drug-likeness (QED) is 0.839. The van der Waals surface area contributed by atoms with Crippen LogP contribution in [0.4, 0.5) is 0 Å². The van der Waals surface area contributed by atoms with Crippen molar-refractivity contribution < 1.29 is 13.9 Å². The van der Waals surface area contributed by atoms with Crippen molar-refractivity contribution in [2.24, 2.45) is 0 Å². The van der Waals surface area contributed by atoms with E-state index in [1.165, 1.54) is 0 Å². The number of hydrogen-bond acceptors (Lipinski definition) is 5. The number of halogens is 1. The van der Waals surface area contributed by atoms with E-state index < -0.39 is 0 Å². The van der Waals surface area contributed by atoms with Gasteiger partial charge in [0.25, 0.3) is 0 Å². The second-order valence-electron chi connectivity index (χ2n) is 5.79. The number of oxazole rings is 1. The lowest BCUT2D eigenvalue weighted by molar-refractivity contribution is -0.0963. The lowest BCUT2D eigenvalue weighted by Gasteiger charge is -2.27. The fraction of sp³-hybridized carbons (Fsp3) is 0.471. The van der Waals surface area contributed by atoms with Crippen LogP contribution in [0.25, 0.3) is 11.5 Å². The molecule has 0 unspecified atom stereocenters. The van der Waals surface area contributed by atoms with Crippen LogP contribution >= 0.6 is 11.6 Å². The molecule has 2 heterocycles. The van der Waals surface area contributed by atoms with Crippen molar-refractivity contribution in [3.63, 3.8) is 0 Å². The Balaban J connectivity index is 1.64. The van der Waals surface area contributed by atoms with Crippen LogP contribution < -0.4 is 0 Å². The highest BCUT2D eigenvalue weighted by atomic mass is 35.5. The fourth-order valence-corrected chi connectivity index (χ4v) is 2.73. The van der Waals surface area contributed by atoms with Crippen molar-refractivity contribution in [1.82, 2.24) is 9.88 Å². The van der Waals surface area contributed by atoms with Crippen molar-refractivity contribution in [2.45, 2.75) is 19.6 Å². The number of aryl methyl sites for hydroxylation is 1. The van der Waals surface area contributed by atoms with Gasteiger partial charge in [-0.2, -0.15) is 0 Å². The van der Waals surface area contributed by atoms with Gasteiger partial charge in [-0.05, 0) is 38.2 Å². The summed E-state index contributed by atoms with van der Waals surface area (Å²) in [5, 5.41) is 0.701. The standard InChI is InChI=1S/C17H21ClN2O3/c1-12-16(10-20(2)9-15-11-21-7-8-22-15)19-17(23-12)13-3-5-14(18)6-4-13/h3-6,15H,7-11H2,1-2H3/t15-/m1/s1.